The maximum absolute atomic E-state index is 14.0. The van der Waals surface area contributed by atoms with Gasteiger partial charge in [0.05, 0.1) is 22.9 Å². The Bertz CT molecular complexity index is 1490. The zero-order chi connectivity index (χ0) is 24.4. The van der Waals surface area contributed by atoms with Gasteiger partial charge in [-0.15, -0.1) is 0 Å². The van der Waals surface area contributed by atoms with Crippen molar-refractivity contribution in [3.63, 3.8) is 0 Å². The Balaban J connectivity index is 1.43. The van der Waals surface area contributed by atoms with E-state index in [9.17, 15) is 18.0 Å². The first kappa shape index (κ1) is 21.8. The third kappa shape index (κ3) is 3.34. The summed E-state index contributed by atoms with van der Waals surface area (Å²) < 4.78 is 43.2. The normalized spacial score (nSPS) is 19.2. The molecule has 1 fully saturated rings. The van der Waals surface area contributed by atoms with E-state index >= 15 is 0 Å². The van der Waals surface area contributed by atoms with Gasteiger partial charge in [0.15, 0.2) is 17.5 Å². The van der Waals surface area contributed by atoms with Crippen LogP contribution in [0.5, 0.6) is 0 Å². The Labute approximate surface area is 200 Å². The van der Waals surface area contributed by atoms with E-state index in [2.05, 4.69) is 4.98 Å². The fourth-order valence-corrected chi connectivity index (χ4v) is 5.77. The average molecular weight is 477 g/mol. The van der Waals surface area contributed by atoms with E-state index in [0.717, 1.165) is 59.1 Å². The minimum Gasteiger partial charge on any atom is -0.327 e. The van der Waals surface area contributed by atoms with Gasteiger partial charge in [0.2, 0.25) is 0 Å². The summed E-state index contributed by atoms with van der Waals surface area (Å²) in [5.41, 5.74) is 4.93. The second-order valence-electron chi connectivity index (χ2n) is 9.47. The summed E-state index contributed by atoms with van der Waals surface area (Å²) in [5.74, 6) is -4.01. The molecule has 4 heterocycles. The molecular formula is C27H23F3N4O. The maximum atomic E-state index is 14.0. The zero-order valence-corrected chi connectivity index (χ0v) is 19.4. The molecule has 2 aromatic carbocycles. The highest BCUT2D eigenvalue weighted by Gasteiger charge is 2.43. The summed E-state index contributed by atoms with van der Waals surface area (Å²) >= 11 is 0. The number of hydrogen-bond donors (Lipinski definition) is 0. The van der Waals surface area contributed by atoms with E-state index in [1.54, 1.807) is 17.9 Å². The third-order valence-corrected chi connectivity index (χ3v) is 7.37. The molecule has 0 aliphatic carbocycles. The molecule has 35 heavy (non-hydrogen) atoms. The molecule has 0 radical (unpaired) electrons. The number of aryl methyl sites for hydroxylation is 2. The number of aromatic nitrogens is 3. The lowest BCUT2D eigenvalue weighted by atomic mass is 9.81. The molecule has 2 aromatic heterocycles. The van der Waals surface area contributed by atoms with Gasteiger partial charge in [-0.3, -0.25) is 14.5 Å². The minimum absolute atomic E-state index is 0.0541. The van der Waals surface area contributed by atoms with Crippen molar-refractivity contribution in [1.82, 2.24) is 19.7 Å². The Morgan fingerprint density at radius 1 is 1.06 bits per heavy atom. The SMILES string of the molecule is Cc1ccnc2ccc(C(=O)N3[C@@H]4CCC[C@H]3c3nn(C)c(-c5cc(F)c(F)c(F)c5)c3C4)cc12. The van der Waals surface area contributed by atoms with Gasteiger partial charge in [-0.1, -0.05) is 0 Å². The highest BCUT2D eigenvalue weighted by molar-refractivity contribution is 5.99. The van der Waals surface area contributed by atoms with Gasteiger partial charge in [-0.05, 0) is 74.6 Å². The van der Waals surface area contributed by atoms with Crippen molar-refractivity contribution in [2.24, 2.45) is 7.05 Å². The van der Waals surface area contributed by atoms with Crippen LogP contribution < -0.4 is 0 Å². The van der Waals surface area contributed by atoms with Gasteiger partial charge in [0.1, 0.15) is 0 Å². The average Bonchev–Trinajstić information content (AvgIpc) is 3.17. The number of piperidine rings is 1. The summed E-state index contributed by atoms with van der Waals surface area (Å²) in [7, 11) is 1.71. The third-order valence-electron chi connectivity index (χ3n) is 7.37. The van der Waals surface area contributed by atoms with E-state index in [1.807, 2.05) is 36.1 Å². The summed E-state index contributed by atoms with van der Waals surface area (Å²) in [6.07, 6.45) is 4.83. The number of benzene rings is 2. The second-order valence-corrected chi connectivity index (χ2v) is 9.47. The van der Waals surface area contributed by atoms with Gasteiger partial charge in [-0.25, -0.2) is 13.2 Å². The highest BCUT2D eigenvalue weighted by atomic mass is 19.2. The van der Waals surface area contributed by atoms with E-state index < -0.39 is 17.5 Å². The van der Waals surface area contributed by atoms with Crippen LogP contribution in [0.15, 0.2) is 42.6 Å². The number of nitrogens with zero attached hydrogens (tertiary/aromatic N) is 4. The van der Waals surface area contributed by atoms with Crippen molar-refractivity contribution in [2.45, 2.75) is 44.7 Å². The fraction of sp³-hybridized carbons (Fsp3) is 0.296. The van der Waals surface area contributed by atoms with Crippen LogP contribution in [0.1, 0.15) is 52.5 Å². The molecule has 8 heteroatoms. The number of halogens is 3. The lowest BCUT2D eigenvalue weighted by Crippen LogP contribution is -2.49. The molecule has 2 bridgehead atoms. The van der Waals surface area contributed by atoms with Gasteiger partial charge in [-0.2, -0.15) is 5.10 Å². The summed E-state index contributed by atoms with van der Waals surface area (Å²) in [5, 5.41) is 5.64. The van der Waals surface area contributed by atoms with E-state index in [1.165, 1.54) is 0 Å². The number of carbonyl (C=O) groups excluding carboxylic acids is 1. The van der Waals surface area contributed by atoms with Crippen LogP contribution in [0.3, 0.4) is 0 Å². The van der Waals surface area contributed by atoms with Crippen LogP contribution in [0.2, 0.25) is 0 Å². The van der Waals surface area contributed by atoms with Crippen LogP contribution in [-0.2, 0) is 13.5 Å². The largest absolute Gasteiger partial charge is 0.327 e. The van der Waals surface area contributed by atoms with Crippen molar-refractivity contribution in [1.29, 1.82) is 0 Å². The first-order valence-electron chi connectivity index (χ1n) is 11.7. The van der Waals surface area contributed by atoms with Crippen molar-refractivity contribution >= 4 is 16.8 Å². The molecule has 0 N–H and O–H groups in total. The van der Waals surface area contributed by atoms with E-state index in [4.69, 9.17) is 5.10 Å². The molecule has 2 aliphatic heterocycles. The van der Waals surface area contributed by atoms with Gasteiger partial charge in [0, 0.05) is 41.4 Å². The molecule has 2 aliphatic rings. The fourth-order valence-electron chi connectivity index (χ4n) is 5.77. The highest BCUT2D eigenvalue weighted by Crippen LogP contribution is 2.45. The summed E-state index contributed by atoms with van der Waals surface area (Å²) in [6, 6.07) is 9.24. The lowest BCUT2D eigenvalue weighted by Gasteiger charge is -2.45. The maximum Gasteiger partial charge on any atom is 0.254 e. The number of rotatable bonds is 2. The summed E-state index contributed by atoms with van der Waals surface area (Å²) in [4.78, 5) is 20.1. The van der Waals surface area contributed by atoms with Gasteiger partial charge >= 0.3 is 0 Å². The van der Waals surface area contributed by atoms with Crippen LogP contribution in [0.25, 0.3) is 22.2 Å². The van der Waals surface area contributed by atoms with Crippen molar-refractivity contribution in [3.8, 4) is 11.3 Å². The van der Waals surface area contributed by atoms with Crippen molar-refractivity contribution < 1.29 is 18.0 Å². The van der Waals surface area contributed by atoms with Crippen molar-refractivity contribution in [3.05, 3.63) is 82.4 Å². The van der Waals surface area contributed by atoms with Gasteiger partial charge < -0.3 is 4.90 Å². The summed E-state index contributed by atoms with van der Waals surface area (Å²) in [6.45, 7) is 2.00. The Kier molecular flexibility index (Phi) is 4.95. The topological polar surface area (TPSA) is 51.0 Å². The first-order chi connectivity index (χ1) is 16.8. The van der Waals surface area contributed by atoms with Crippen LogP contribution in [0.4, 0.5) is 13.2 Å². The number of hydrogen-bond acceptors (Lipinski definition) is 3. The quantitative estimate of drug-likeness (QED) is 0.351. The Hall–Kier alpha value is -3.68. The zero-order valence-electron chi connectivity index (χ0n) is 19.4. The van der Waals surface area contributed by atoms with Crippen LogP contribution in [-0.4, -0.2) is 31.6 Å². The Morgan fingerprint density at radius 3 is 2.60 bits per heavy atom. The van der Waals surface area contributed by atoms with Crippen LogP contribution >= 0.6 is 0 Å². The molecule has 5 nitrogen and oxygen atoms in total. The number of pyridine rings is 1. The number of carbonyl (C=O) groups is 1. The predicted molar refractivity (Wildman–Crippen MR) is 125 cm³/mol. The molecule has 1 saturated heterocycles. The second kappa shape index (κ2) is 7.93. The van der Waals surface area contributed by atoms with Crippen molar-refractivity contribution in [2.75, 3.05) is 0 Å². The van der Waals surface area contributed by atoms with Crippen LogP contribution in [0, 0.1) is 24.4 Å². The number of amides is 1. The molecule has 0 unspecified atom stereocenters. The van der Waals surface area contributed by atoms with Gasteiger partial charge in [0.25, 0.3) is 5.91 Å². The van der Waals surface area contributed by atoms with E-state index in [-0.39, 0.29) is 23.6 Å². The molecule has 178 valence electrons. The standard InChI is InChI=1S/C27H23F3N4O/c1-14-8-9-31-22-7-6-15(10-18(14)22)27(35)34-17-4-3-5-23(34)25-19(13-17)26(33(2)32-25)16-11-20(28)24(30)21(29)12-16/h6-12,17,23H,3-5,13H2,1-2H3/t17-,23+/m1/s1. The minimum atomic E-state index is -1.49. The molecule has 0 saturated carbocycles. The predicted octanol–water partition coefficient (Wildman–Crippen LogP) is 5.65. The van der Waals surface area contributed by atoms with E-state index in [0.29, 0.717) is 17.7 Å². The number of fused-ring (bicyclic) bond motifs is 5. The smallest absolute Gasteiger partial charge is 0.254 e. The molecule has 2 atom stereocenters. The molecule has 4 aromatic rings. The first-order valence-corrected chi connectivity index (χ1v) is 11.7. The molecule has 6 rings (SSSR count). The molecule has 1 amide bonds. The lowest BCUT2D eigenvalue weighted by molar-refractivity contribution is 0.0392. The Morgan fingerprint density at radius 2 is 1.83 bits per heavy atom. The molecular weight excluding hydrogens is 453 g/mol. The monoisotopic (exact) mass is 476 g/mol. The molecule has 0 spiro atoms.